The topological polar surface area (TPSA) is 38.9 Å². The Morgan fingerprint density at radius 2 is 2.12 bits per heavy atom. The van der Waals surface area contributed by atoms with E-state index in [2.05, 4.69) is 29.6 Å². The van der Waals surface area contributed by atoms with E-state index in [0.717, 1.165) is 5.69 Å². The van der Waals surface area contributed by atoms with E-state index in [9.17, 15) is 0 Å². The first-order valence-electron chi connectivity index (χ1n) is 5.39. The lowest BCUT2D eigenvalue weighted by atomic mass is 9.92. The van der Waals surface area contributed by atoms with Crippen LogP contribution in [0.1, 0.15) is 35.7 Å². The van der Waals surface area contributed by atoms with Gasteiger partial charge in [-0.05, 0) is 40.9 Å². The van der Waals surface area contributed by atoms with E-state index in [-0.39, 0.29) is 12.0 Å². The number of rotatable bonds is 3. The van der Waals surface area contributed by atoms with E-state index >= 15 is 0 Å². The lowest BCUT2D eigenvalue weighted by molar-refractivity contribution is 0.583. The molecule has 2 heterocycles. The molecule has 2 aromatic rings. The van der Waals surface area contributed by atoms with Gasteiger partial charge in [-0.1, -0.05) is 13.0 Å². The number of nitrogens with two attached hydrogens (primary N) is 1. The van der Waals surface area contributed by atoms with Crippen LogP contribution in [0.4, 0.5) is 0 Å². The molecule has 2 rings (SSSR count). The summed E-state index contributed by atoms with van der Waals surface area (Å²) in [4.78, 5) is 4.36. The molecule has 0 aliphatic carbocycles. The molecule has 0 bridgehead atoms. The minimum Gasteiger partial charge on any atom is -0.323 e. The van der Waals surface area contributed by atoms with Crippen molar-refractivity contribution < 1.29 is 0 Å². The Bertz CT molecular complexity index is 450. The maximum atomic E-state index is 6.28. The van der Waals surface area contributed by atoms with Gasteiger partial charge in [0.1, 0.15) is 0 Å². The summed E-state index contributed by atoms with van der Waals surface area (Å²) >= 11 is 1.71. The van der Waals surface area contributed by atoms with Crippen molar-refractivity contribution in [3.05, 3.63) is 52.0 Å². The van der Waals surface area contributed by atoms with E-state index in [0.29, 0.717) is 0 Å². The molecule has 2 N–H and O–H groups in total. The maximum absolute atomic E-state index is 6.28. The van der Waals surface area contributed by atoms with Crippen molar-refractivity contribution in [3.63, 3.8) is 0 Å². The first-order valence-corrected chi connectivity index (χ1v) is 6.33. The molecular formula is C13H16N2S. The molecule has 2 unspecified atom stereocenters. The second-order valence-electron chi connectivity index (χ2n) is 4.08. The Labute approximate surface area is 100 Å². The van der Waals surface area contributed by atoms with Crippen LogP contribution in [0.5, 0.6) is 0 Å². The third-order valence-corrected chi connectivity index (χ3v) is 3.83. The predicted molar refractivity (Wildman–Crippen MR) is 68.6 cm³/mol. The van der Waals surface area contributed by atoms with Gasteiger partial charge in [0.05, 0.1) is 0 Å². The molecule has 0 aliphatic rings. The lowest BCUT2D eigenvalue weighted by Gasteiger charge is -2.19. The van der Waals surface area contributed by atoms with E-state index in [4.69, 9.17) is 5.73 Å². The number of hydrogen-bond donors (Lipinski definition) is 1. The highest BCUT2D eigenvalue weighted by Crippen LogP contribution is 2.30. The molecule has 0 aliphatic heterocycles. The number of aryl methyl sites for hydroxylation is 1. The van der Waals surface area contributed by atoms with Crippen LogP contribution in [0.15, 0.2) is 35.2 Å². The highest BCUT2D eigenvalue weighted by molar-refractivity contribution is 7.08. The van der Waals surface area contributed by atoms with Crippen LogP contribution in [0.2, 0.25) is 0 Å². The van der Waals surface area contributed by atoms with Gasteiger partial charge >= 0.3 is 0 Å². The zero-order valence-electron chi connectivity index (χ0n) is 9.55. The average Bonchev–Trinajstić information content (AvgIpc) is 2.75. The molecular weight excluding hydrogens is 216 g/mol. The van der Waals surface area contributed by atoms with Crippen molar-refractivity contribution in [1.29, 1.82) is 0 Å². The van der Waals surface area contributed by atoms with E-state index in [1.807, 2.05) is 24.4 Å². The summed E-state index contributed by atoms with van der Waals surface area (Å²) < 4.78 is 0. The van der Waals surface area contributed by atoms with E-state index in [1.54, 1.807) is 11.3 Å². The molecule has 0 saturated heterocycles. The van der Waals surface area contributed by atoms with Crippen LogP contribution < -0.4 is 5.73 Å². The van der Waals surface area contributed by atoms with Gasteiger partial charge in [-0.2, -0.15) is 11.3 Å². The zero-order valence-corrected chi connectivity index (χ0v) is 10.4. The number of pyridine rings is 1. The zero-order chi connectivity index (χ0) is 11.5. The molecule has 84 valence electrons. The molecule has 0 amide bonds. The number of nitrogens with zero attached hydrogens (tertiary/aromatic N) is 1. The van der Waals surface area contributed by atoms with E-state index < -0.39 is 0 Å². The van der Waals surface area contributed by atoms with Gasteiger partial charge in [-0.15, -0.1) is 0 Å². The predicted octanol–water partition coefficient (Wildman–Crippen LogP) is 3.26. The molecule has 3 heteroatoms. The summed E-state index contributed by atoms with van der Waals surface area (Å²) in [6, 6.07) is 6.00. The monoisotopic (exact) mass is 232 g/mol. The first-order chi connectivity index (χ1) is 7.70. The standard InChI is InChI=1S/C13H16N2S/c1-9-7-16-8-11(9)13(14)10(2)12-5-3-4-6-15-12/h3-8,10,13H,14H2,1-2H3. The summed E-state index contributed by atoms with van der Waals surface area (Å²) in [5.41, 5.74) is 9.86. The van der Waals surface area contributed by atoms with Crippen molar-refractivity contribution in [3.8, 4) is 0 Å². The first kappa shape index (κ1) is 11.3. The summed E-state index contributed by atoms with van der Waals surface area (Å²) in [6.45, 7) is 4.24. The fourth-order valence-electron chi connectivity index (χ4n) is 1.81. The second-order valence-corrected chi connectivity index (χ2v) is 4.82. The van der Waals surface area contributed by atoms with Crippen molar-refractivity contribution in [2.75, 3.05) is 0 Å². The maximum Gasteiger partial charge on any atom is 0.0450 e. The Morgan fingerprint density at radius 3 is 2.69 bits per heavy atom. The lowest BCUT2D eigenvalue weighted by Crippen LogP contribution is -2.18. The molecule has 2 atom stereocenters. The molecule has 0 spiro atoms. The summed E-state index contributed by atoms with van der Waals surface area (Å²) in [5, 5.41) is 4.28. The molecule has 16 heavy (non-hydrogen) atoms. The Hall–Kier alpha value is -1.19. The Kier molecular flexibility index (Phi) is 3.36. The number of aromatic nitrogens is 1. The van der Waals surface area contributed by atoms with Gasteiger partial charge in [0.25, 0.3) is 0 Å². The fourth-order valence-corrected chi connectivity index (χ4v) is 2.71. The number of hydrogen-bond acceptors (Lipinski definition) is 3. The SMILES string of the molecule is Cc1cscc1C(N)C(C)c1ccccn1. The number of thiophene rings is 1. The Morgan fingerprint density at radius 1 is 1.31 bits per heavy atom. The minimum absolute atomic E-state index is 0.0288. The van der Waals surface area contributed by atoms with Crippen molar-refractivity contribution in [2.24, 2.45) is 5.73 Å². The van der Waals surface area contributed by atoms with Crippen molar-refractivity contribution in [1.82, 2.24) is 4.98 Å². The van der Waals surface area contributed by atoms with E-state index in [1.165, 1.54) is 11.1 Å². The van der Waals surface area contributed by atoms with Gasteiger partial charge in [-0.3, -0.25) is 4.98 Å². The highest BCUT2D eigenvalue weighted by Gasteiger charge is 2.19. The quantitative estimate of drug-likeness (QED) is 0.882. The molecule has 0 fully saturated rings. The molecule has 0 radical (unpaired) electrons. The largest absolute Gasteiger partial charge is 0.323 e. The smallest absolute Gasteiger partial charge is 0.0450 e. The minimum atomic E-state index is 0.0288. The third-order valence-electron chi connectivity index (χ3n) is 2.95. The summed E-state index contributed by atoms with van der Waals surface area (Å²) in [7, 11) is 0. The van der Waals surface area contributed by atoms with Crippen molar-refractivity contribution >= 4 is 11.3 Å². The fraction of sp³-hybridized carbons (Fsp3) is 0.308. The molecule has 0 aromatic carbocycles. The van der Waals surface area contributed by atoms with Crippen LogP contribution in [0.3, 0.4) is 0 Å². The van der Waals surface area contributed by atoms with Crippen LogP contribution in [0, 0.1) is 6.92 Å². The molecule has 2 aromatic heterocycles. The normalized spacial score (nSPS) is 14.7. The van der Waals surface area contributed by atoms with Crippen LogP contribution in [-0.2, 0) is 0 Å². The summed E-state index contributed by atoms with van der Waals surface area (Å²) in [5.74, 6) is 0.245. The highest BCUT2D eigenvalue weighted by atomic mass is 32.1. The van der Waals surface area contributed by atoms with Crippen LogP contribution in [-0.4, -0.2) is 4.98 Å². The van der Waals surface area contributed by atoms with Gasteiger partial charge in [0.2, 0.25) is 0 Å². The van der Waals surface area contributed by atoms with Gasteiger partial charge in [-0.25, -0.2) is 0 Å². The van der Waals surface area contributed by atoms with Gasteiger partial charge in [0, 0.05) is 23.9 Å². The second kappa shape index (κ2) is 4.76. The average molecular weight is 232 g/mol. The van der Waals surface area contributed by atoms with Crippen LogP contribution >= 0.6 is 11.3 Å². The van der Waals surface area contributed by atoms with Crippen LogP contribution in [0.25, 0.3) is 0 Å². The Balaban J connectivity index is 2.23. The van der Waals surface area contributed by atoms with Crippen molar-refractivity contribution in [2.45, 2.75) is 25.8 Å². The third kappa shape index (κ3) is 2.15. The van der Waals surface area contributed by atoms with Gasteiger partial charge in [0.15, 0.2) is 0 Å². The van der Waals surface area contributed by atoms with Gasteiger partial charge < -0.3 is 5.73 Å². The summed E-state index contributed by atoms with van der Waals surface area (Å²) in [6.07, 6.45) is 1.82. The molecule has 0 saturated carbocycles. The molecule has 2 nitrogen and oxygen atoms in total.